The summed E-state index contributed by atoms with van der Waals surface area (Å²) >= 11 is 0. The van der Waals surface area contributed by atoms with E-state index in [0.717, 1.165) is 13.0 Å². The number of aromatic amines is 1. The van der Waals surface area contributed by atoms with Gasteiger partial charge in [-0.05, 0) is 31.9 Å². The molecule has 70 valence electrons. The van der Waals surface area contributed by atoms with E-state index in [1.54, 1.807) is 0 Å². The highest BCUT2D eigenvalue weighted by Crippen LogP contribution is 2.01. The van der Waals surface area contributed by atoms with E-state index in [-0.39, 0.29) is 0 Å². The molecular weight excluding hydrogens is 162 g/mol. The zero-order valence-electron chi connectivity index (χ0n) is 8.09. The molecule has 0 bridgehead atoms. The van der Waals surface area contributed by atoms with Crippen LogP contribution < -0.4 is 5.32 Å². The molecule has 1 aromatic heterocycles. The summed E-state index contributed by atoms with van der Waals surface area (Å²) < 4.78 is 0. The molecule has 0 saturated carbocycles. The van der Waals surface area contributed by atoms with Gasteiger partial charge >= 0.3 is 0 Å². The Morgan fingerprint density at radius 3 is 2.92 bits per heavy atom. The van der Waals surface area contributed by atoms with Crippen LogP contribution in [0.4, 0.5) is 0 Å². The van der Waals surface area contributed by atoms with Gasteiger partial charge in [-0.25, -0.2) is 0 Å². The average molecular weight is 177 g/mol. The molecule has 0 aliphatic rings. The Morgan fingerprint density at radius 2 is 2.38 bits per heavy atom. The summed E-state index contributed by atoms with van der Waals surface area (Å²) in [5.74, 6) is 0. The third-order valence-corrected chi connectivity index (χ3v) is 1.92. The molecule has 3 nitrogen and oxygen atoms in total. The number of nitrogens with zero attached hydrogens (tertiary/aromatic N) is 1. The number of hydrogen-bond acceptors (Lipinski definition) is 2. The molecule has 13 heavy (non-hydrogen) atoms. The van der Waals surface area contributed by atoms with Crippen LogP contribution >= 0.6 is 0 Å². The summed E-state index contributed by atoms with van der Waals surface area (Å²) in [6.07, 6.45) is 4.83. The van der Waals surface area contributed by atoms with Crippen LogP contribution in [0.15, 0.2) is 18.5 Å². The van der Waals surface area contributed by atoms with Gasteiger partial charge in [0.1, 0.15) is 5.54 Å². The van der Waals surface area contributed by atoms with Crippen LogP contribution in [0.2, 0.25) is 0 Å². The minimum absolute atomic E-state index is 0.420. The van der Waals surface area contributed by atoms with Crippen LogP contribution in [0.5, 0.6) is 0 Å². The fraction of sp³-hybridized carbons (Fsp3) is 0.500. The highest BCUT2D eigenvalue weighted by Gasteiger charge is 2.13. The van der Waals surface area contributed by atoms with Gasteiger partial charge in [0.25, 0.3) is 0 Å². The number of aromatic nitrogens is 1. The lowest BCUT2D eigenvalue weighted by Gasteiger charge is -2.16. The maximum atomic E-state index is 8.73. The molecule has 0 amide bonds. The lowest BCUT2D eigenvalue weighted by molar-refractivity contribution is 0.490. The fourth-order valence-electron chi connectivity index (χ4n) is 1.07. The quantitative estimate of drug-likeness (QED) is 0.731. The van der Waals surface area contributed by atoms with E-state index in [4.69, 9.17) is 5.26 Å². The Hall–Kier alpha value is -1.27. The van der Waals surface area contributed by atoms with E-state index in [1.807, 2.05) is 32.3 Å². The minimum Gasteiger partial charge on any atom is -0.367 e. The van der Waals surface area contributed by atoms with Crippen LogP contribution in [-0.4, -0.2) is 17.1 Å². The van der Waals surface area contributed by atoms with Crippen molar-refractivity contribution in [3.05, 3.63) is 24.0 Å². The first-order valence-electron chi connectivity index (χ1n) is 4.42. The minimum atomic E-state index is -0.420. The van der Waals surface area contributed by atoms with Crippen molar-refractivity contribution < 1.29 is 0 Å². The molecule has 3 heteroatoms. The predicted octanol–water partition coefficient (Wildman–Crippen LogP) is 1.45. The second kappa shape index (κ2) is 4.11. The zero-order valence-corrected chi connectivity index (χ0v) is 8.09. The summed E-state index contributed by atoms with van der Waals surface area (Å²) in [5.41, 5.74) is 0.845. The molecule has 0 saturated heterocycles. The largest absolute Gasteiger partial charge is 0.367 e. The molecule has 2 N–H and O–H groups in total. The molecule has 0 aliphatic heterocycles. The number of rotatable bonds is 4. The van der Waals surface area contributed by atoms with Gasteiger partial charge in [-0.3, -0.25) is 5.32 Å². The van der Waals surface area contributed by atoms with Crippen molar-refractivity contribution in [1.29, 1.82) is 5.26 Å². The van der Waals surface area contributed by atoms with Crippen LogP contribution in [0.1, 0.15) is 19.4 Å². The van der Waals surface area contributed by atoms with E-state index in [2.05, 4.69) is 16.4 Å². The standard InChI is InChI=1S/C10H15N3/c1-10(2,8-11)13-6-4-9-3-5-12-7-9/h3,5,7,12-13H,4,6H2,1-2H3. The van der Waals surface area contributed by atoms with Gasteiger partial charge in [-0.1, -0.05) is 0 Å². The zero-order chi connectivity index (χ0) is 9.73. The van der Waals surface area contributed by atoms with Crippen LogP contribution in [0.25, 0.3) is 0 Å². The van der Waals surface area contributed by atoms with E-state index in [0.29, 0.717) is 0 Å². The van der Waals surface area contributed by atoms with Gasteiger partial charge in [0.15, 0.2) is 0 Å². The summed E-state index contributed by atoms with van der Waals surface area (Å²) in [4.78, 5) is 3.00. The smallest absolute Gasteiger partial charge is 0.101 e. The molecular formula is C10H15N3. The van der Waals surface area contributed by atoms with Crippen molar-refractivity contribution in [1.82, 2.24) is 10.3 Å². The first kappa shape index (κ1) is 9.82. The van der Waals surface area contributed by atoms with Crippen LogP contribution in [0.3, 0.4) is 0 Å². The summed E-state index contributed by atoms with van der Waals surface area (Å²) in [5, 5.41) is 11.9. The van der Waals surface area contributed by atoms with Gasteiger partial charge < -0.3 is 4.98 Å². The fourth-order valence-corrected chi connectivity index (χ4v) is 1.07. The SMILES string of the molecule is CC(C)(C#N)NCCc1cc[nH]c1. The Kier molecular flexibility index (Phi) is 3.10. The number of H-pyrrole nitrogens is 1. The third kappa shape index (κ3) is 3.30. The van der Waals surface area contributed by atoms with E-state index in [1.165, 1.54) is 5.56 Å². The number of hydrogen-bond donors (Lipinski definition) is 2. The Morgan fingerprint density at radius 1 is 1.62 bits per heavy atom. The van der Waals surface area contributed by atoms with Crippen molar-refractivity contribution in [2.45, 2.75) is 25.8 Å². The highest BCUT2D eigenvalue weighted by atomic mass is 14.9. The molecule has 1 rings (SSSR count). The molecule has 0 radical (unpaired) electrons. The van der Waals surface area contributed by atoms with Gasteiger partial charge in [0, 0.05) is 18.9 Å². The molecule has 0 unspecified atom stereocenters. The normalized spacial score (nSPS) is 11.2. The lowest BCUT2D eigenvalue weighted by atomic mass is 10.1. The van der Waals surface area contributed by atoms with Crippen molar-refractivity contribution in [3.63, 3.8) is 0 Å². The van der Waals surface area contributed by atoms with Crippen molar-refractivity contribution in [3.8, 4) is 6.07 Å². The molecule has 0 aromatic carbocycles. The lowest BCUT2D eigenvalue weighted by Crippen LogP contribution is -2.38. The second-order valence-corrected chi connectivity index (χ2v) is 3.63. The van der Waals surface area contributed by atoms with Crippen molar-refractivity contribution in [2.75, 3.05) is 6.54 Å². The maximum Gasteiger partial charge on any atom is 0.101 e. The van der Waals surface area contributed by atoms with Crippen LogP contribution in [0, 0.1) is 11.3 Å². The van der Waals surface area contributed by atoms with Gasteiger partial charge in [-0.2, -0.15) is 5.26 Å². The van der Waals surface area contributed by atoms with E-state index < -0.39 is 5.54 Å². The second-order valence-electron chi connectivity index (χ2n) is 3.63. The van der Waals surface area contributed by atoms with Crippen molar-refractivity contribution in [2.24, 2.45) is 0 Å². The Balaban J connectivity index is 2.26. The first-order valence-corrected chi connectivity index (χ1v) is 4.42. The number of nitriles is 1. The molecule has 0 spiro atoms. The topological polar surface area (TPSA) is 51.6 Å². The van der Waals surface area contributed by atoms with E-state index >= 15 is 0 Å². The van der Waals surface area contributed by atoms with Crippen LogP contribution in [-0.2, 0) is 6.42 Å². The third-order valence-electron chi connectivity index (χ3n) is 1.92. The summed E-state index contributed by atoms with van der Waals surface area (Å²) in [6, 6.07) is 4.25. The monoisotopic (exact) mass is 177 g/mol. The molecule has 0 aliphatic carbocycles. The summed E-state index contributed by atoms with van der Waals surface area (Å²) in [6.45, 7) is 4.59. The molecule has 1 heterocycles. The highest BCUT2D eigenvalue weighted by molar-refractivity contribution is 5.09. The van der Waals surface area contributed by atoms with Gasteiger partial charge in [-0.15, -0.1) is 0 Å². The van der Waals surface area contributed by atoms with E-state index in [9.17, 15) is 0 Å². The molecule has 0 atom stereocenters. The van der Waals surface area contributed by atoms with Gasteiger partial charge in [0.2, 0.25) is 0 Å². The molecule has 1 aromatic rings. The predicted molar refractivity (Wildman–Crippen MR) is 52.2 cm³/mol. The van der Waals surface area contributed by atoms with Gasteiger partial charge in [0.05, 0.1) is 6.07 Å². The van der Waals surface area contributed by atoms with Crippen molar-refractivity contribution >= 4 is 0 Å². The Labute approximate surface area is 78.8 Å². The maximum absolute atomic E-state index is 8.73. The number of nitrogens with one attached hydrogen (secondary N) is 2. The Bertz CT molecular complexity index is 280. The summed E-state index contributed by atoms with van der Waals surface area (Å²) in [7, 11) is 0. The first-order chi connectivity index (χ1) is 6.14. The average Bonchev–Trinajstić information content (AvgIpc) is 2.57. The molecule has 0 fully saturated rings.